The molecule has 1 amide bonds. The lowest BCUT2D eigenvalue weighted by molar-refractivity contribution is -0.0248. The van der Waals surface area contributed by atoms with Crippen molar-refractivity contribution in [1.29, 1.82) is 0 Å². The number of carbonyl (C=O) groups is 1. The average molecular weight is 385 g/mol. The van der Waals surface area contributed by atoms with Crippen LogP contribution in [0.25, 0.3) is 0 Å². The molecule has 0 aromatic heterocycles. The number of rotatable bonds is 6. The first-order chi connectivity index (χ1) is 13.5. The summed E-state index contributed by atoms with van der Waals surface area (Å²) in [5, 5.41) is 11.0. The zero-order chi connectivity index (χ0) is 20.0. The lowest BCUT2D eigenvalue weighted by Gasteiger charge is -2.38. The molecule has 0 radical (unpaired) electrons. The number of benzene rings is 2. The molecular weight excluding hydrogens is 357 g/mol. The molecule has 1 aliphatic heterocycles. The number of hydrogen-bond donors (Lipinski definition) is 1. The summed E-state index contributed by atoms with van der Waals surface area (Å²) >= 11 is 0. The van der Waals surface area contributed by atoms with Gasteiger partial charge in [-0.15, -0.1) is 0 Å². The van der Waals surface area contributed by atoms with E-state index in [1.165, 1.54) is 12.1 Å². The van der Waals surface area contributed by atoms with Crippen LogP contribution in [0.1, 0.15) is 49.3 Å². The number of hydrogen-bond acceptors (Lipinski definition) is 3. The number of piperidine rings is 1. The van der Waals surface area contributed by atoms with Gasteiger partial charge in [-0.1, -0.05) is 49.7 Å². The second-order valence-electron chi connectivity index (χ2n) is 7.49. The lowest BCUT2D eigenvalue weighted by Crippen LogP contribution is -2.45. The minimum absolute atomic E-state index is 0.234. The van der Waals surface area contributed by atoms with Crippen LogP contribution in [0.3, 0.4) is 0 Å². The number of halogens is 1. The molecule has 2 aromatic carbocycles. The first kappa shape index (κ1) is 20.3. The first-order valence-corrected chi connectivity index (χ1v) is 9.98. The van der Waals surface area contributed by atoms with Gasteiger partial charge in [-0.05, 0) is 54.5 Å². The number of carbonyl (C=O) groups excluding carboxylic acids is 1. The standard InChI is InChI=1S/C23H28FNO3/c1-2-3-16-28-22(26)25-14-12-23(27,13-15-25)20-8-4-18(5-9-20)17-19-6-10-21(24)11-7-19/h4-11,27H,2-3,12-17H2,1H3. The molecule has 2 aromatic rings. The highest BCUT2D eigenvalue weighted by atomic mass is 19.1. The van der Waals surface area contributed by atoms with E-state index < -0.39 is 5.60 Å². The molecule has 1 N–H and O–H groups in total. The fourth-order valence-electron chi connectivity index (χ4n) is 3.51. The summed E-state index contributed by atoms with van der Waals surface area (Å²) in [6, 6.07) is 14.4. The maximum absolute atomic E-state index is 13.0. The Hall–Kier alpha value is -2.40. The Morgan fingerprint density at radius 3 is 2.21 bits per heavy atom. The van der Waals surface area contributed by atoms with Crippen LogP contribution in [-0.4, -0.2) is 35.8 Å². The first-order valence-electron chi connectivity index (χ1n) is 9.98. The summed E-state index contributed by atoms with van der Waals surface area (Å²) in [4.78, 5) is 13.7. The Bertz CT molecular complexity index is 765. The summed E-state index contributed by atoms with van der Waals surface area (Å²) in [6.07, 6.45) is 3.28. The largest absolute Gasteiger partial charge is 0.449 e. The van der Waals surface area contributed by atoms with Gasteiger partial charge in [0.1, 0.15) is 5.82 Å². The van der Waals surface area contributed by atoms with Crippen LogP contribution in [0, 0.1) is 5.82 Å². The van der Waals surface area contributed by atoms with Crippen LogP contribution in [0.4, 0.5) is 9.18 Å². The van der Waals surface area contributed by atoms with Gasteiger partial charge in [0.25, 0.3) is 0 Å². The van der Waals surface area contributed by atoms with E-state index >= 15 is 0 Å². The van der Waals surface area contributed by atoms with E-state index in [0.717, 1.165) is 36.0 Å². The molecule has 0 aliphatic carbocycles. The van der Waals surface area contributed by atoms with Crippen molar-refractivity contribution < 1.29 is 19.0 Å². The molecule has 0 atom stereocenters. The van der Waals surface area contributed by atoms with Gasteiger partial charge in [0, 0.05) is 13.1 Å². The van der Waals surface area contributed by atoms with Gasteiger partial charge in [-0.25, -0.2) is 9.18 Å². The van der Waals surface area contributed by atoms with Gasteiger partial charge in [0.2, 0.25) is 0 Å². The lowest BCUT2D eigenvalue weighted by atomic mass is 9.84. The number of ether oxygens (including phenoxy) is 1. The second-order valence-corrected chi connectivity index (χ2v) is 7.49. The molecule has 0 bridgehead atoms. The number of aliphatic hydroxyl groups is 1. The van der Waals surface area contributed by atoms with Gasteiger partial charge in [0.05, 0.1) is 12.2 Å². The Morgan fingerprint density at radius 1 is 1.07 bits per heavy atom. The van der Waals surface area contributed by atoms with Crippen molar-refractivity contribution in [2.75, 3.05) is 19.7 Å². The monoisotopic (exact) mass is 385 g/mol. The predicted molar refractivity (Wildman–Crippen MR) is 107 cm³/mol. The quantitative estimate of drug-likeness (QED) is 0.737. The van der Waals surface area contributed by atoms with E-state index in [2.05, 4.69) is 6.92 Å². The smallest absolute Gasteiger partial charge is 0.409 e. The summed E-state index contributed by atoms with van der Waals surface area (Å²) in [5.74, 6) is -0.234. The molecule has 0 spiro atoms. The van der Waals surface area contributed by atoms with Crippen LogP contribution in [0.2, 0.25) is 0 Å². The van der Waals surface area contributed by atoms with Crippen LogP contribution in [0.5, 0.6) is 0 Å². The van der Waals surface area contributed by atoms with E-state index in [9.17, 15) is 14.3 Å². The van der Waals surface area contributed by atoms with E-state index in [1.807, 2.05) is 24.3 Å². The molecule has 0 unspecified atom stereocenters. The molecule has 1 aliphatic rings. The highest BCUT2D eigenvalue weighted by Crippen LogP contribution is 2.33. The number of unbranched alkanes of at least 4 members (excludes halogenated alkanes) is 1. The molecule has 4 nitrogen and oxygen atoms in total. The van der Waals surface area contributed by atoms with Gasteiger partial charge < -0.3 is 14.7 Å². The van der Waals surface area contributed by atoms with Crippen molar-refractivity contribution in [3.05, 3.63) is 71.0 Å². The average Bonchev–Trinajstić information content (AvgIpc) is 2.71. The van der Waals surface area contributed by atoms with Gasteiger partial charge in [-0.3, -0.25) is 0 Å². The minimum atomic E-state index is -0.922. The van der Waals surface area contributed by atoms with Crippen molar-refractivity contribution in [2.45, 2.75) is 44.6 Å². The van der Waals surface area contributed by atoms with E-state index in [-0.39, 0.29) is 11.9 Å². The minimum Gasteiger partial charge on any atom is -0.449 e. The Kier molecular flexibility index (Phi) is 6.68. The molecule has 5 heteroatoms. The van der Waals surface area contributed by atoms with E-state index in [0.29, 0.717) is 32.5 Å². The van der Waals surface area contributed by atoms with Crippen LogP contribution in [-0.2, 0) is 16.8 Å². The third kappa shape index (κ3) is 5.10. The number of nitrogens with zero attached hydrogens (tertiary/aromatic N) is 1. The highest BCUT2D eigenvalue weighted by molar-refractivity contribution is 5.67. The van der Waals surface area contributed by atoms with Gasteiger partial charge in [-0.2, -0.15) is 0 Å². The zero-order valence-corrected chi connectivity index (χ0v) is 16.4. The van der Waals surface area contributed by atoms with Crippen molar-refractivity contribution in [3.8, 4) is 0 Å². The zero-order valence-electron chi connectivity index (χ0n) is 16.4. The van der Waals surface area contributed by atoms with Crippen molar-refractivity contribution in [2.24, 2.45) is 0 Å². The molecule has 3 rings (SSSR count). The van der Waals surface area contributed by atoms with Crippen LogP contribution >= 0.6 is 0 Å². The highest BCUT2D eigenvalue weighted by Gasteiger charge is 2.35. The Labute approximate surface area is 165 Å². The predicted octanol–water partition coefficient (Wildman–Crippen LogP) is 4.64. The van der Waals surface area contributed by atoms with Gasteiger partial charge >= 0.3 is 6.09 Å². The number of amides is 1. The van der Waals surface area contributed by atoms with Crippen molar-refractivity contribution in [1.82, 2.24) is 4.90 Å². The third-order valence-corrected chi connectivity index (χ3v) is 5.39. The van der Waals surface area contributed by atoms with E-state index in [1.54, 1.807) is 17.0 Å². The molecule has 1 saturated heterocycles. The van der Waals surface area contributed by atoms with Crippen molar-refractivity contribution >= 4 is 6.09 Å². The van der Waals surface area contributed by atoms with Gasteiger partial charge in [0.15, 0.2) is 0 Å². The second kappa shape index (κ2) is 9.20. The fourth-order valence-corrected chi connectivity index (χ4v) is 3.51. The maximum atomic E-state index is 13.0. The molecule has 28 heavy (non-hydrogen) atoms. The Balaban J connectivity index is 1.56. The van der Waals surface area contributed by atoms with Crippen molar-refractivity contribution in [3.63, 3.8) is 0 Å². The molecular formula is C23H28FNO3. The summed E-state index contributed by atoms with van der Waals surface area (Å²) in [7, 11) is 0. The van der Waals surface area contributed by atoms with Crippen LogP contribution in [0.15, 0.2) is 48.5 Å². The van der Waals surface area contributed by atoms with Crippen LogP contribution < -0.4 is 0 Å². The normalized spacial score (nSPS) is 16.0. The third-order valence-electron chi connectivity index (χ3n) is 5.39. The Morgan fingerprint density at radius 2 is 1.64 bits per heavy atom. The molecule has 150 valence electrons. The SMILES string of the molecule is CCCCOC(=O)N1CCC(O)(c2ccc(Cc3ccc(F)cc3)cc2)CC1. The molecule has 1 fully saturated rings. The summed E-state index contributed by atoms with van der Waals surface area (Å²) < 4.78 is 18.3. The topological polar surface area (TPSA) is 49.8 Å². The summed E-state index contributed by atoms with van der Waals surface area (Å²) in [5.41, 5.74) is 2.10. The maximum Gasteiger partial charge on any atom is 0.409 e. The number of likely N-dealkylation sites (tertiary alicyclic amines) is 1. The van der Waals surface area contributed by atoms with E-state index in [4.69, 9.17) is 4.74 Å². The summed E-state index contributed by atoms with van der Waals surface area (Å²) in [6.45, 7) is 3.48. The molecule has 1 heterocycles. The molecule has 0 saturated carbocycles. The fraction of sp³-hybridized carbons (Fsp3) is 0.435.